The molecule has 14 heteroatoms. The molecule has 13 nitrogen and oxygen atoms in total. The summed E-state index contributed by atoms with van der Waals surface area (Å²) in [7, 11) is -0.202. The van der Waals surface area contributed by atoms with Crippen LogP contribution in [0.2, 0.25) is 0 Å². The lowest BCUT2D eigenvalue weighted by molar-refractivity contribution is 0.129. The Hall–Kier alpha value is -2.99. The molecule has 4 rings (SSSR count). The third-order valence-electron chi connectivity index (χ3n) is 7.19. The number of aliphatic hydroxyl groups excluding tert-OH is 1. The van der Waals surface area contributed by atoms with Crippen molar-refractivity contribution in [3.8, 4) is 11.9 Å². The lowest BCUT2D eigenvalue weighted by atomic mass is 9.90. The van der Waals surface area contributed by atoms with Gasteiger partial charge in [0.1, 0.15) is 5.82 Å². The monoisotopic (exact) mass is 533 g/mol. The summed E-state index contributed by atoms with van der Waals surface area (Å²) in [6.45, 7) is 4.37. The number of ether oxygens (including phenoxy) is 1. The third kappa shape index (κ3) is 5.49. The standard InChI is InChI=1S/C23H35N9O4S/c1-5-17-8-19(9-18(6-2)32(17)37(34,35)31-12-15(11-24)13-31)30(3)23-26-20(10-22(27-23)36-4)25-21-7-16(14-33)28-29-21/h7,10,15,17-19,33H,5-6,8-9,12-14H2,1-4H3,(H2,25,26,27,28,29)/t17-,18+,19?. The molecule has 0 bridgehead atoms. The molecule has 0 amide bonds. The molecule has 0 aliphatic carbocycles. The molecule has 2 fully saturated rings. The Morgan fingerprint density at radius 1 is 1.22 bits per heavy atom. The van der Waals surface area contributed by atoms with E-state index in [1.807, 2.05) is 25.8 Å². The number of aromatic nitrogens is 4. The summed E-state index contributed by atoms with van der Waals surface area (Å²) in [4.78, 5) is 11.2. The average molecular weight is 534 g/mol. The molecule has 3 atom stereocenters. The number of methoxy groups -OCH3 is 1. The van der Waals surface area contributed by atoms with Crippen LogP contribution >= 0.6 is 0 Å². The highest BCUT2D eigenvalue weighted by Gasteiger charge is 2.47. The number of aromatic amines is 1. The smallest absolute Gasteiger partial charge is 0.282 e. The molecule has 37 heavy (non-hydrogen) atoms. The van der Waals surface area contributed by atoms with Crippen molar-refractivity contribution < 1.29 is 18.3 Å². The van der Waals surface area contributed by atoms with Crippen LogP contribution in [0.3, 0.4) is 0 Å². The number of H-pyrrole nitrogens is 1. The molecule has 2 aromatic rings. The fraction of sp³-hybridized carbons (Fsp3) is 0.652. The predicted octanol–water partition coefficient (Wildman–Crippen LogP) is 1.60. The van der Waals surface area contributed by atoms with Gasteiger partial charge in [-0.05, 0) is 25.7 Å². The second-order valence-corrected chi connectivity index (χ2v) is 11.3. The van der Waals surface area contributed by atoms with Crippen LogP contribution in [0, 0.1) is 17.2 Å². The fourth-order valence-electron chi connectivity index (χ4n) is 5.00. The van der Waals surface area contributed by atoms with E-state index in [0.29, 0.717) is 54.8 Å². The second kappa shape index (κ2) is 11.2. The molecule has 2 aliphatic rings. The van der Waals surface area contributed by atoms with E-state index in [9.17, 15) is 13.5 Å². The van der Waals surface area contributed by atoms with Crippen LogP contribution in [0.25, 0.3) is 0 Å². The van der Waals surface area contributed by atoms with E-state index in [0.717, 1.165) is 0 Å². The first-order valence-corrected chi connectivity index (χ1v) is 13.9. The minimum absolute atomic E-state index is 0.0101. The normalized spacial score (nSPS) is 23.3. The Morgan fingerprint density at radius 2 is 1.89 bits per heavy atom. The first kappa shape index (κ1) is 27.1. The molecule has 0 spiro atoms. The van der Waals surface area contributed by atoms with Gasteiger partial charge in [-0.3, -0.25) is 5.10 Å². The van der Waals surface area contributed by atoms with Gasteiger partial charge in [0.05, 0.1) is 31.4 Å². The van der Waals surface area contributed by atoms with Crippen LogP contribution in [0.1, 0.15) is 45.2 Å². The van der Waals surface area contributed by atoms with E-state index >= 15 is 0 Å². The van der Waals surface area contributed by atoms with E-state index in [-0.39, 0.29) is 43.7 Å². The van der Waals surface area contributed by atoms with Crippen LogP contribution in [-0.2, 0) is 16.8 Å². The molecule has 2 saturated heterocycles. The van der Waals surface area contributed by atoms with E-state index < -0.39 is 10.2 Å². The Balaban J connectivity index is 1.55. The maximum atomic E-state index is 13.5. The van der Waals surface area contributed by atoms with Gasteiger partial charge in [-0.25, -0.2) is 0 Å². The Morgan fingerprint density at radius 3 is 2.43 bits per heavy atom. The zero-order valence-electron chi connectivity index (χ0n) is 21.6. The van der Waals surface area contributed by atoms with Crippen molar-refractivity contribution in [2.24, 2.45) is 5.92 Å². The van der Waals surface area contributed by atoms with Gasteiger partial charge in [0, 0.05) is 50.4 Å². The van der Waals surface area contributed by atoms with Gasteiger partial charge in [-0.2, -0.15) is 37.4 Å². The minimum atomic E-state index is -3.65. The molecular weight excluding hydrogens is 498 g/mol. The minimum Gasteiger partial charge on any atom is -0.481 e. The van der Waals surface area contributed by atoms with Crippen molar-refractivity contribution in [2.45, 2.75) is 64.3 Å². The fourth-order valence-corrected chi connectivity index (χ4v) is 7.23. The number of piperidine rings is 1. The molecule has 2 aromatic heterocycles. The zero-order valence-corrected chi connectivity index (χ0v) is 22.4. The van der Waals surface area contributed by atoms with Crippen LogP contribution < -0.4 is 15.0 Å². The first-order valence-electron chi connectivity index (χ1n) is 12.5. The Bertz CT molecular complexity index is 1210. The molecule has 0 saturated carbocycles. The number of anilines is 3. The molecule has 202 valence electrons. The summed E-state index contributed by atoms with van der Waals surface area (Å²) >= 11 is 0. The lowest BCUT2D eigenvalue weighted by Crippen LogP contribution is -2.62. The maximum absolute atomic E-state index is 13.5. The van der Waals surface area contributed by atoms with Gasteiger partial charge in [0.2, 0.25) is 11.8 Å². The SMILES string of the molecule is CC[C@@H]1CC(N(C)c2nc(Nc3cc(CO)[nH]n3)cc(OC)n2)C[C@H](CC)N1S(=O)(=O)N1CC(C#N)C1. The number of nitrogens with zero attached hydrogens (tertiary/aromatic N) is 7. The predicted molar refractivity (Wildman–Crippen MR) is 137 cm³/mol. The Labute approximate surface area is 217 Å². The number of hydrogen-bond donors (Lipinski definition) is 3. The van der Waals surface area contributed by atoms with E-state index in [1.54, 1.807) is 16.4 Å². The zero-order chi connectivity index (χ0) is 26.7. The lowest BCUT2D eigenvalue weighted by Gasteiger charge is -2.49. The van der Waals surface area contributed by atoms with Crippen LogP contribution in [0.5, 0.6) is 5.88 Å². The van der Waals surface area contributed by atoms with Gasteiger partial charge in [0.15, 0.2) is 5.82 Å². The first-order chi connectivity index (χ1) is 17.7. The quantitative estimate of drug-likeness (QED) is 0.409. The second-order valence-electron chi connectivity index (χ2n) is 9.50. The van der Waals surface area contributed by atoms with Crippen LogP contribution in [0.4, 0.5) is 17.6 Å². The highest BCUT2D eigenvalue weighted by molar-refractivity contribution is 7.86. The molecule has 4 heterocycles. The van der Waals surface area contributed by atoms with Gasteiger partial charge in [-0.1, -0.05) is 13.8 Å². The van der Waals surface area contributed by atoms with Crippen LogP contribution in [0.15, 0.2) is 12.1 Å². The van der Waals surface area contributed by atoms with Gasteiger partial charge < -0.3 is 20.1 Å². The summed E-state index contributed by atoms with van der Waals surface area (Å²) in [6, 6.07) is 5.15. The molecule has 0 radical (unpaired) electrons. The van der Waals surface area contributed by atoms with E-state index in [2.05, 4.69) is 31.6 Å². The topological polar surface area (TPSA) is 164 Å². The number of rotatable bonds is 10. The summed E-state index contributed by atoms with van der Waals surface area (Å²) < 4.78 is 35.5. The highest BCUT2D eigenvalue weighted by atomic mass is 32.2. The van der Waals surface area contributed by atoms with Gasteiger partial charge in [-0.15, -0.1) is 0 Å². The van der Waals surface area contributed by atoms with Crippen molar-refractivity contribution in [1.29, 1.82) is 5.26 Å². The largest absolute Gasteiger partial charge is 0.481 e. The van der Waals surface area contributed by atoms with Gasteiger partial charge in [0.25, 0.3) is 10.2 Å². The third-order valence-corrected chi connectivity index (χ3v) is 9.27. The van der Waals surface area contributed by atoms with Crippen molar-refractivity contribution in [2.75, 3.05) is 37.5 Å². The van der Waals surface area contributed by atoms with E-state index in [4.69, 9.17) is 10.00 Å². The van der Waals surface area contributed by atoms with Crippen molar-refractivity contribution >= 4 is 27.8 Å². The number of nitriles is 1. The summed E-state index contributed by atoms with van der Waals surface area (Å²) in [6.07, 6.45) is 2.60. The highest BCUT2D eigenvalue weighted by Crippen LogP contribution is 2.36. The maximum Gasteiger partial charge on any atom is 0.282 e. The summed E-state index contributed by atoms with van der Waals surface area (Å²) in [5.74, 6) is 1.57. The van der Waals surface area contributed by atoms with Crippen molar-refractivity contribution in [3.05, 3.63) is 17.8 Å². The van der Waals surface area contributed by atoms with Crippen LogP contribution in [-0.4, -0.2) is 87.7 Å². The Kier molecular flexibility index (Phi) is 8.17. The molecule has 2 aliphatic heterocycles. The van der Waals surface area contributed by atoms with Crippen molar-refractivity contribution in [1.82, 2.24) is 28.8 Å². The summed E-state index contributed by atoms with van der Waals surface area (Å²) in [5, 5.41) is 28.3. The number of hydrogen-bond acceptors (Lipinski definition) is 10. The average Bonchev–Trinajstić information content (AvgIpc) is 3.33. The van der Waals surface area contributed by atoms with Crippen molar-refractivity contribution in [3.63, 3.8) is 0 Å². The number of nitrogens with one attached hydrogen (secondary N) is 2. The van der Waals surface area contributed by atoms with Gasteiger partial charge >= 0.3 is 0 Å². The summed E-state index contributed by atoms with van der Waals surface area (Å²) in [5.41, 5.74) is 0.570. The molecule has 0 aromatic carbocycles. The molecular formula is C23H35N9O4S. The van der Waals surface area contributed by atoms with E-state index in [1.165, 1.54) is 11.4 Å². The molecule has 3 N–H and O–H groups in total. The molecule has 1 unspecified atom stereocenters. The number of aliphatic hydroxyl groups is 1.